The quantitative estimate of drug-likeness (QED) is 0.0448. The summed E-state index contributed by atoms with van der Waals surface area (Å²) in [6, 6.07) is 9.89. The van der Waals surface area contributed by atoms with Gasteiger partial charge in [0.25, 0.3) is 0 Å². The number of benzene rings is 1. The fourth-order valence-corrected chi connectivity index (χ4v) is 18.9. The maximum Gasteiger partial charge on any atom is 0.323 e. The lowest BCUT2D eigenvalue weighted by Gasteiger charge is -2.14. The van der Waals surface area contributed by atoms with Gasteiger partial charge in [-0.1, -0.05) is 318 Å². The molecule has 9 heterocycles. The predicted molar refractivity (Wildman–Crippen MR) is 480 cm³/mol. The van der Waals surface area contributed by atoms with Crippen molar-refractivity contribution in [2.45, 2.75) is 131 Å². The minimum atomic E-state index is -1.04. The molecule has 0 bridgehead atoms. The van der Waals surface area contributed by atoms with Crippen LogP contribution in [0.25, 0.3) is 0 Å². The van der Waals surface area contributed by atoms with Crippen molar-refractivity contribution in [3.05, 3.63) is 48.6 Å². The van der Waals surface area contributed by atoms with Crippen LogP contribution in [0.3, 0.4) is 0 Å². The van der Waals surface area contributed by atoms with E-state index in [1.165, 1.54) is 150 Å². The molecule has 9 saturated heterocycles. The zero-order chi connectivity index (χ0) is 80.1. The summed E-state index contributed by atoms with van der Waals surface area (Å²) in [6.45, 7) is 18.4. The minimum Gasteiger partial charge on any atom is -0.481 e. The number of nitrogens with zero attached hydrogens (tertiary/aromatic N) is 9. The number of carbonyl (C=O) groups excluding carboxylic acids is 10. The van der Waals surface area contributed by atoms with Crippen LogP contribution in [0.2, 0.25) is 0 Å². The molecule has 9 aliphatic rings. The Hall–Kier alpha value is -3.24. The molecule has 0 spiro atoms. The van der Waals surface area contributed by atoms with Crippen LogP contribution in [0.4, 0.5) is 0 Å². The molecule has 23 nitrogen and oxygen atoms in total. The number of amides is 9. The van der Waals surface area contributed by atoms with E-state index in [1.807, 2.05) is 44.2 Å². The van der Waals surface area contributed by atoms with Crippen molar-refractivity contribution in [3.63, 3.8) is 0 Å². The monoisotopic (exact) mass is 1810 g/mol. The summed E-state index contributed by atoms with van der Waals surface area (Å²) in [5.74, 6) is 3.34. The average Bonchev–Trinajstić information content (AvgIpc) is 1.79. The highest BCUT2D eigenvalue weighted by molar-refractivity contribution is 8.26. The molecule has 0 aliphatic carbocycles. The molecule has 107 heavy (non-hydrogen) atoms. The molecular formula is C66H89N9O14S18. The SMILES string of the molecule is C=CCN1C(=O)CSC1=S.CC(=O)CCN1C(=O)CSC1=S.CCCCCCCCN1C(=O)CSC1=S.CCCCN1C(=O)CSC1=S.CCCN1C(=O)CSC1=S.CCN1C(=O)CSC1=S.O=C(O)CCCCCN1C(=O)CSC1=S.O=C(O)CN1C(=O)CSC1=S.O=C1CSC(=S)N1Cc1ccccc1. The molecule has 0 atom stereocenters. The Kier molecular flexibility index (Phi) is 53.1. The first-order valence-electron chi connectivity index (χ1n) is 33.7. The number of rotatable bonds is 28. The number of unbranched alkanes of at least 4 members (excludes halogenated alkanes) is 8. The van der Waals surface area contributed by atoms with E-state index in [0.717, 1.165) is 85.9 Å². The van der Waals surface area contributed by atoms with Gasteiger partial charge < -0.3 is 10.2 Å². The number of thiocarbonyl (C=S) groups is 9. The number of Topliss-reactive ketones (excluding diaryl/α,β-unsaturated/α-hetero) is 1. The van der Waals surface area contributed by atoms with Crippen molar-refractivity contribution >= 4 is 326 Å². The second-order valence-corrected chi connectivity index (χ2v) is 37.2. The topological polar surface area (TPSA) is 274 Å². The Morgan fingerprint density at radius 1 is 0.364 bits per heavy atom. The van der Waals surface area contributed by atoms with Gasteiger partial charge in [-0.2, -0.15) is 0 Å². The standard InChI is InChI=1S/C11H19NOS2.C10H9NOS2.C9H13NO3S2.C7H9NO2S2.C7H11NOS2.C6H9NOS2.C6H7NOS2.C5H5NO3S2.C5H7NOS2/c1-2-3-4-5-6-7-8-12-10(13)9-15-11(12)14;12-9-7-14-10(13)11(9)6-8-4-2-1-3-5-8;11-7-6-15-9(14)10(7)5-3-1-2-4-8(12)13;1-5(9)2-3-8-6(10)4-12-7(8)11;1-2-3-4-8-6(9)5-11-7(8)10;2*1-2-3-7-5(8)4-10-6(7)9;7-3-2-11-5(10)6(3)1-4(8)9;1-2-6-4(7)3-9-5(6)8/h2-9H2,1H3;1-5H,6-7H2;1-6H2,(H,12,13);2-4H2,1H3;2-5H2,1H3;2-4H2,1H3;2H,1,3-4H2;1-2H2,(H,8,9);2-3H2,1H3. The average molecular weight is 1810 g/mol. The first-order valence-corrected chi connectivity index (χ1v) is 46.2. The molecule has 0 radical (unpaired) electrons. The lowest BCUT2D eigenvalue weighted by Crippen LogP contribution is -2.33. The molecule has 2 N–H and O–H groups in total. The Bertz CT molecular complexity index is 3250. The van der Waals surface area contributed by atoms with Crippen LogP contribution < -0.4 is 0 Å². The second kappa shape index (κ2) is 56.9. The Morgan fingerprint density at radius 3 is 0.981 bits per heavy atom. The smallest absolute Gasteiger partial charge is 0.323 e. The molecule has 0 saturated carbocycles. The van der Waals surface area contributed by atoms with Gasteiger partial charge in [0.15, 0.2) is 0 Å². The van der Waals surface area contributed by atoms with Crippen molar-refractivity contribution in [2.24, 2.45) is 0 Å². The summed E-state index contributed by atoms with van der Waals surface area (Å²) in [5.41, 5.74) is 1.12. The number of carboxylic acid groups (broad SMARTS) is 2. The summed E-state index contributed by atoms with van der Waals surface area (Å²) >= 11 is 57.3. The lowest BCUT2D eigenvalue weighted by atomic mass is 10.1. The third-order valence-corrected chi connectivity index (χ3v) is 27.4. The van der Waals surface area contributed by atoms with Gasteiger partial charge in [0.05, 0.1) is 58.3 Å². The molecule has 1 aromatic rings. The zero-order valence-electron chi connectivity index (χ0n) is 60.0. The first kappa shape index (κ1) is 99.8. The van der Waals surface area contributed by atoms with E-state index in [2.05, 4.69) is 20.4 Å². The number of aliphatic carboxylic acids is 2. The summed E-state index contributed by atoms with van der Waals surface area (Å²) in [7, 11) is 0. The molecule has 41 heteroatoms. The molecule has 9 fully saturated rings. The van der Waals surface area contributed by atoms with Crippen molar-refractivity contribution in [1.82, 2.24) is 44.1 Å². The molecule has 9 amide bonds. The molecule has 590 valence electrons. The van der Waals surface area contributed by atoms with Crippen LogP contribution in [0, 0.1) is 0 Å². The van der Waals surface area contributed by atoms with Gasteiger partial charge in [-0.3, -0.25) is 102 Å². The predicted octanol–water partition coefficient (Wildman–Crippen LogP) is 12.3. The van der Waals surface area contributed by atoms with Crippen molar-refractivity contribution in [1.29, 1.82) is 0 Å². The van der Waals surface area contributed by atoms with Crippen LogP contribution in [0.1, 0.15) is 130 Å². The maximum atomic E-state index is 11.4. The fraction of sp³-hybridized carbons (Fsp3) is 0.561. The van der Waals surface area contributed by atoms with Gasteiger partial charge >= 0.3 is 11.9 Å². The first-order chi connectivity index (χ1) is 50.9. The molecule has 9 aliphatic heterocycles. The minimum absolute atomic E-state index is 0.0197. The molecule has 0 aromatic heterocycles. The Labute approximate surface area is 713 Å². The van der Waals surface area contributed by atoms with Crippen LogP contribution in [0.5, 0.6) is 0 Å². The van der Waals surface area contributed by atoms with Gasteiger partial charge in [0, 0.05) is 58.7 Å². The Balaban J connectivity index is 0.000000411. The van der Waals surface area contributed by atoms with Gasteiger partial charge in [-0.25, -0.2) is 0 Å². The fourth-order valence-electron chi connectivity index (χ4n) is 8.91. The van der Waals surface area contributed by atoms with E-state index in [0.29, 0.717) is 113 Å². The zero-order valence-corrected chi connectivity index (χ0v) is 74.7. The van der Waals surface area contributed by atoms with Crippen LogP contribution >= 0.6 is 216 Å². The van der Waals surface area contributed by atoms with E-state index in [4.69, 9.17) is 120 Å². The van der Waals surface area contributed by atoms with E-state index < -0.39 is 11.9 Å². The highest BCUT2D eigenvalue weighted by Gasteiger charge is 2.32. The number of hydrogen-bond donors (Lipinski definition) is 2. The summed E-state index contributed by atoms with van der Waals surface area (Å²) < 4.78 is 5.96. The van der Waals surface area contributed by atoms with E-state index in [-0.39, 0.29) is 77.7 Å². The highest BCUT2D eigenvalue weighted by atomic mass is 32.2. The lowest BCUT2D eigenvalue weighted by molar-refractivity contribution is -0.140. The van der Waals surface area contributed by atoms with E-state index in [1.54, 1.807) is 40.4 Å². The number of hydrogen-bond acceptors (Lipinski definition) is 30. The summed E-state index contributed by atoms with van der Waals surface area (Å²) in [6.07, 6.45) is 15.3. The van der Waals surface area contributed by atoms with Crippen molar-refractivity contribution in [2.75, 3.05) is 104 Å². The molecule has 0 unspecified atom stereocenters. The number of carbonyl (C=O) groups is 12. The summed E-state index contributed by atoms with van der Waals surface area (Å²) in [5, 5.41) is 16.8. The normalized spacial score (nSPS) is 17.4. The number of carboxylic acids is 2. The molecular weight excluding hydrogens is 1720 g/mol. The van der Waals surface area contributed by atoms with E-state index >= 15 is 0 Å². The van der Waals surface area contributed by atoms with Crippen LogP contribution in [-0.4, -0.2) is 268 Å². The van der Waals surface area contributed by atoms with Gasteiger partial charge in [-0.05, 0) is 51.5 Å². The van der Waals surface area contributed by atoms with E-state index in [9.17, 15) is 57.5 Å². The van der Waals surface area contributed by atoms with Gasteiger partial charge in [-0.15, -0.1) is 6.58 Å². The van der Waals surface area contributed by atoms with Crippen molar-refractivity contribution in [3.8, 4) is 0 Å². The second-order valence-electron chi connectivity index (χ2n) is 22.8. The third kappa shape index (κ3) is 39.4. The molecule has 10 rings (SSSR count). The highest BCUT2D eigenvalue weighted by Crippen LogP contribution is 2.26. The number of ketones is 1. The van der Waals surface area contributed by atoms with Crippen molar-refractivity contribution < 1.29 is 67.7 Å². The van der Waals surface area contributed by atoms with Crippen LogP contribution in [0.15, 0.2) is 43.0 Å². The summed E-state index contributed by atoms with van der Waals surface area (Å²) in [4.78, 5) is 145. The number of thioether (sulfide) groups is 9. The third-order valence-electron chi connectivity index (χ3n) is 14.5. The van der Waals surface area contributed by atoms with Gasteiger partial charge in [0.1, 0.15) is 51.2 Å². The largest absolute Gasteiger partial charge is 0.481 e. The maximum absolute atomic E-state index is 11.4. The van der Waals surface area contributed by atoms with Gasteiger partial charge in [0.2, 0.25) is 53.2 Å². The molecule has 1 aromatic carbocycles. The Morgan fingerprint density at radius 2 is 0.673 bits per heavy atom. The van der Waals surface area contributed by atoms with Crippen LogP contribution in [-0.2, 0) is 64.1 Å².